The highest BCUT2D eigenvalue weighted by atomic mass is 79.9. The van der Waals surface area contributed by atoms with Gasteiger partial charge in [-0.25, -0.2) is 0 Å². The van der Waals surface area contributed by atoms with Crippen molar-refractivity contribution in [2.24, 2.45) is 5.92 Å². The lowest BCUT2D eigenvalue weighted by atomic mass is 9.91. The van der Waals surface area contributed by atoms with Crippen LogP contribution in [-0.2, 0) is 0 Å². The smallest absolute Gasteiger partial charge is 0.0452 e. The lowest BCUT2D eigenvalue weighted by Gasteiger charge is -2.23. The Kier molecular flexibility index (Phi) is 5.14. The van der Waals surface area contributed by atoms with Gasteiger partial charge in [0.1, 0.15) is 0 Å². The quantitative estimate of drug-likeness (QED) is 0.437. The fraction of sp³-hybridized carbons (Fsp3) is 0.625. The minimum atomic E-state index is 0.419. The summed E-state index contributed by atoms with van der Waals surface area (Å²) in [6.07, 6.45) is 8.20. The lowest BCUT2D eigenvalue weighted by Crippen LogP contribution is -2.08. The number of rotatable bonds is 2. The van der Waals surface area contributed by atoms with E-state index in [0.29, 0.717) is 4.83 Å². The summed E-state index contributed by atoms with van der Waals surface area (Å²) in [4.78, 5) is 0.419. The zero-order chi connectivity index (χ0) is 13.1. The normalized spacial score (nSPS) is 19.6. The van der Waals surface area contributed by atoms with Crippen molar-refractivity contribution in [2.75, 3.05) is 0 Å². The molecule has 1 saturated carbocycles. The minimum absolute atomic E-state index is 0.419. The molecule has 0 saturated heterocycles. The zero-order valence-corrected chi connectivity index (χ0v) is 13.6. The third kappa shape index (κ3) is 3.30. The van der Waals surface area contributed by atoms with Crippen LogP contribution < -0.4 is 0 Å². The molecule has 2 heteroatoms. The Morgan fingerprint density at radius 1 is 1.06 bits per heavy atom. The standard InChI is InChI=1S/C16H22BrCl/c1-11-9-14(15(18)10-12(11)2)16(17)13-7-5-3-4-6-8-13/h9-10,13,16H,3-8H2,1-2H3. The summed E-state index contributed by atoms with van der Waals surface area (Å²) in [5.41, 5.74) is 3.91. The number of benzene rings is 1. The van der Waals surface area contributed by atoms with Gasteiger partial charge in [0.15, 0.2) is 0 Å². The molecule has 0 amide bonds. The molecule has 0 aromatic heterocycles. The number of halogens is 2. The fourth-order valence-electron chi connectivity index (χ4n) is 2.87. The molecule has 0 bridgehead atoms. The molecule has 2 rings (SSSR count). The van der Waals surface area contributed by atoms with Crippen LogP contribution in [0.25, 0.3) is 0 Å². The van der Waals surface area contributed by atoms with E-state index >= 15 is 0 Å². The Bertz CT molecular complexity index is 406. The average molecular weight is 330 g/mol. The molecule has 1 atom stereocenters. The van der Waals surface area contributed by atoms with Crippen LogP contribution >= 0.6 is 27.5 Å². The van der Waals surface area contributed by atoms with E-state index in [4.69, 9.17) is 11.6 Å². The van der Waals surface area contributed by atoms with Gasteiger partial charge in [0, 0.05) is 9.85 Å². The van der Waals surface area contributed by atoms with Crippen LogP contribution in [0, 0.1) is 19.8 Å². The van der Waals surface area contributed by atoms with E-state index in [-0.39, 0.29) is 0 Å². The molecular formula is C16H22BrCl. The third-order valence-corrected chi connectivity index (χ3v) is 5.79. The predicted molar refractivity (Wildman–Crippen MR) is 83.8 cm³/mol. The highest BCUT2D eigenvalue weighted by Crippen LogP contribution is 2.42. The largest absolute Gasteiger partial charge is 0.0840 e. The van der Waals surface area contributed by atoms with Crippen LogP contribution in [0.15, 0.2) is 12.1 Å². The first-order chi connectivity index (χ1) is 8.59. The first kappa shape index (κ1) is 14.4. The second-order valence-corrected chi connectivity index (χ2v) is 7.01. The van der Waals surface area contributed by atoms with Crippen molar-refractivity contribution in [1.29, 1.82) is 0 Å². The number of hydrogen-bond acceptors (Lipinski definition) is 0. The fourth-order valence-corrected chi connectivity index (χ4v) is 4.25. The van der Waals surface area contributed by atoms with Crippen LogP contribution in [0.3, 0.4) is 0 Å². The molecule has 1 fully saturated rings. The molecule has 1 aromatic rings. The lowest BCUT2D eigenvalue weighted by molar-refractivity contribution is 0.454. The maximum absolute atomic E-state index is 6.43. The number of aryl methyl sites for hydroxylation is 2. The van der Waals surface area contributed by atoms with Crippen LogP contribution in [0.2, 0.25) is 5.02 Å². The monoisotopic (exact) mass is 328 g/mol. The summed E-state index contributed by atoms with van der Waals surface area (Å²) >= 11 is 10.3. The molecule has 1 unspecified atom stereocenters. The summed E-state index contributed by atoms with van der Waals surface area (Å²) in [6.45, 7) is 4.29. The van der Waals surface area contributed by atoms with Gasteiger partial charge in [0.05, 0.1) is 0 Å². The van der Waals surface area contributed by atoms with Gasteiger partial charge in [-0.2, -0.15) is 0 Å². The highest BCUT2D eigenvalue weighted by molar-refractivity contribution is 9.09. The topological polar surface area (TPSA) is 0 Å². The minimum Gasteiger partial charge on any atom is -0.0840 e. The second kappa shape index (κ2) is 6.43. The number of alkyl halides is 1. The second-order valence-electron chi connectivity index (χ2n) is 5.61. The van der Waals surface area contributed by atoms with E-state index < -0.39 is 0 Å². The van der Waals surface area contributed by atoms with E-state index in [9.17, 15) is 0 Å². The van der Waals surface area contributed by atoms with Gasteiger partial charge in [-0.3, -0.25) is 0 Å². The molecule has 1 aliphatic rings. The summed E-state index contributed by atoms with van der Waals surface area (Å²) in [5, 5.41) is 0.921. The molecule has 1 aliphatic carbocycles. The van der Waals surface area contributed by atoms with Crippen molar-refractivity contribution in [1.82, 2.24) is 0 Å². The van der Waals surface area contributed by atoms with E-state index in [2.05, 4.69) is 41.9 Å². The van der Waals surface area contributed by atoms with Crippen molar-refractivity contribution in [3.8, 4) is 0 Å². The van der Waals surface area contributed by atoms with Gasteiger partial charge in [0.2, 0.25) is 0 Å². The van der Waals surface area contributed by atoms with E-state index in [1.165, 1.54) is 55.2 Å². The van der Waals surface area contributed by atoms with Gasteiger partial charge in [-0.15, -0.1) is 0 Å². The third-order valence-electron chi connectivity index (χ3n) is 4.22. The van der Waals surface area contributed by atoms with Crippen LogP contribution in [0.4, 0.5) is 0 Å². The van der Waals surface area contributed by atoms with Crippen molar-refractivity contribution in [2.45, 2.75) is 57.2 Å². The molecule has 0 N–H and O–H groups in total. The van der Waals surface area contributed by atoms with E-state index in [1.807, 2.05) is 0 Å². The van der Waals surface area contributed by atoms with Gasteiger partial charge in [-0.1, -0.05) is 59.3 Å². The van der Waals surface area contributed by atoms with Crippen LogP contribution in [-0.4, -0.2) is 0 Å². The average Bonchev–Trinajstić information content (AvgIpc) is 2.61. The summed E-state index contributed by atoms with van der Waals surface area (Å²) in [7, 11) is 0. The Labute approximate surface area is 124 Å². The Balaban J connectivity index is 2.21. The Morgan fingerprint density at radius 2 is 1.61 bits per heavy atom. The highest BCUT2D eigenvalue weighted by Gasteiger charge is 2.23. The van der Waals surface area contributed by atoms with Gasteiger partial charge < -0.3 is 0 Å². The van der Waals surface area contributed by atoms with Gasteiger partial charge in [0.25, 0.3) is 0 Å². The zero-order valence-electron chi connectivity index (χ0n) is 11.3. The van der Waals surface area contributed by atoms with Crippen molar-refractivity contribution >= 4 is 27.5 Å². The van der Waals surface area contributed by atoms with Crippen LogP contribution in [0.1, 0.15) is 60.0 Å². The summed E-state index contributed by atoms with van der Waals surface area (Å²) in [6, 6.07) is 4.37. The molecule has 0 spiro atoms. The molecule has 0 nitrogen and oxygen atoms in total. The molecular weight excluding hydrogens is 308 g/mol. The molecule has 18 heavy (non-hydrogen) atoms. The maximum atomic E-state index is 6.43. The summed E-state index contributed by atoms with van der Waals surface area (Å²) < 4.78 is 0. The molecule has 1 aromatic carbocycles. The van der Waals surface area contributed by atoms with Crippen molar-refractivity contribution < 1.29 is 0 Å². The Hall–Kier alpha value is -0.0100. The maximum Gasteiger partial charge on any atom is 0.0452 e. The molecule has 100 valence electrons. The summed E-state index contributed by atoms with van der Waals surface area (Å²) in [5.74, 6) is 0.743. The first-order valence-electron chi connectivity index (χ1n) is 7.00. The predicted octanol–water partition coefficient (Wildman–Crippen LogP) is 6.36. The molecule has 0 radical (unpaired) electrons. The molecule has 0 heterocycles. The van der Waals surface area contributed by atoms with Gasteiger partial charge >= 0.3 is 0 Å². The van der Waals surface area contributed by atoms with E-state index in [0.717, 1.165) is 10.9 Å². The Morgan fingerprint density at radius 3 is 2.22 bits per heavy atom. The molecule has 0 aliphatic heterocycles. The number of hydrogen-bond donors (Lipinski definition) is 0. The van der Waals surface area contributed by atoms with Crippen molar-refractivity contribution in [3.05, 3.63) is 33.8 Å². The first-order valence-corrected chi connectivity index (χ1v) is 8.29. The SMILES string of the molecule is Cc1cc(Cl)c(C(Br)C2CCCCCC2)cc1C. The van der Waals surface area contributed by atoms with E-state index in [1.54, 1.807) is 0 Å². The van der Waals surface area contributed by atoms with Crippen LogP contribution in [0.5, 0.6) is 0 Å². The van der Waals surface area contributed by atoms with Gasteiger partial charge in [-0.05, 0) is 55.4 Å². The van der Waals surface area contributed by atoms with Crippen molar-refractivity contribution in [3.63, 3.8) is 0 Å².